The van der Waals surface area contributed by atoms with E-state index in [2.05, 4.69) is 13.8 Å². The summed E-state index contributed by atoms with van der Waals surface area (Å²) in [6, 6.07) is 7.80. The van der Waals surface area contributed by atoms with E-state index in [9.17, 15) is 4.79 Å². The predicted octanol–water partition coefficient (Wildman–Crippen LogP) is 3.71. The summed E-state index contributed by atoms with van der Waals surface area (Å²) in [5, 5.41) is 0.544. The van der Waals surface area contributed by atoms with Gasteiger partial charge in [0.2, 0.25) is 0 Å². The first kappa shape index (κ1) is 12.3. The summed E-state index contributed by atoms with van der Waals surface area (Å²) in [7, 11) is 0. The molecule has 0 aromatic heterocycles. The van der Waals surface area contributed by atoms with Gasteiger partial charge in [-0.3, -0.25) is 4.79 Å². The van der Waals surface area contributed by atoms with E-state index in [4.69, 9.17) is 0 Å². The standard InChI is InChI=1S/C13H18OS/c1-9(2)15-11(4)13(14)12-7-5-10(3)6-8-12/h5-9,11H,1-4H3. The number of carbonyl (C=O) groups is 1. The number of ketones is 1. The minimum atomic E-state index is 0.0488. The Hall–Kier alpha value is -0.760. The molecule has 0 aliphatic rings. The Labute approximate surface area is 96.3 Å². The number of aryl methyl sites for hydroxylation is 1. The number of Topliss-reactive ketones (excluding diaryl/α,β-unsaturated/α-hetero) is 1. The van der Waals surface area contributed by atoms with Crippen LogP contribution in [0.5, 0.6) is 0 Å². The lowest BCUT2D eigenvalue weighted by Gasteiger charge is -2.12. The van der Waals surface area contributed by atoms with Crippen molar-refractivity contribution in [3.8, 4) is 0 Å². The van der Waals surface area contributed by atoms with E-state index in [0.717, 1.165) is 5.56 Å². The summed E-state index contributed by atoms with van der Waals surface area (Å²) >= 11 is 1.71. The van der Waals surface area contributed by atoms with Crippen LogP contribution in [0.2, 0.25) is 0 Å². The third-order valence-electron chi connectivity index (χ3n) is 2.18. The first-order valence-corrected chi connectivity index (χ1v) is 6.21. The average Bonchev–Trinajstić information content (AvgIpc) is 2.17. The summed E-state index contributed by atoms with van der Waals surface area (Å²) in [4.78, 5) is 12.0. The van der Waals surface area contributed by atoms with Gasteiger partial charge in [-0.1, -0.05) is 43.7 Å². The number of thioether (sulfide) groups is 1. The van der Waals surface area contributed by atoms with Gasteiger partial charge in [-0.05, 0) is 19.1 Å². The van der Waals surface area contributed by atoms with Crippen molar-refractivity contribution in [1.82, 2.24) is 0 Å². The van der Waals surface area contributed by atoms with Crippen molar-refractivity contribution in [3.63, 3.8) is 0 Å². The van der Waals surface area contributed by atoms with Crippen LogP contribution in [0.25, 0.3) is 0 Å². The van der Waals surface area contributed by atoms with E-state index < -0.39 is 0 Å². The minimum Gasteiger partial charge on any atom is -0.293 e. The Morgan fingerprint density at radius 3 is 2.13 bits per heavy atom. The smallest absolute Gasteiger partial charge is 0.175 e. The van der Waals surface area contributed by atoms with Gasteiger partial charge in [0.15, 0.2) is 5.78 Å². The van der Waals surface area contributed by atoms with E-state index in [1.54, 1.807) is 11.8 Å². The molecular weight excluding hydrogens is 204 g/mol. The van der Waals surface area contributed by atoms with Crippen molar-refractivity contribution in [2.75, 3.05) is 0 Å². The molecule has 0 aliphatic heterocycles. The van der Waals surface area contributed by atoms with Gasteiger partial charge in [-0.15, -0.1) is 11.8 Å². The van der Waals surface area contributed by atoms with Crippen LogP contribution in [-0.2, 0) is 0 Å². The molecule has 0 radical (unpaired) electrons. The molecule has 1 nitrogen and oxygen atoms in total. The van der Waals surface area contributed by atoms with Crippen LogP contribution in [0.4, 0.5) is 0 Å². The summed E-state index contributed by atoms with van der Waals surface area (Å²) in [5.41, 5.74) is 2.01. The number of hydrogen-bond acceptors (Lipinski definition) is 2. The van der Waals surface area contributed by atoms with Crippen molar-refractivity contribution < 1.29 is 4.79 Å². The normalized spacial score (nSPS) is 12.9. The van der Waals surface area contributed by atoms with Gasteiger partial charge in [-0.25, -0.2) is 0 Å². The van der Waals surface area contributed by atoms with E-state index in [-0.39, 0.29) is 11.0 Å². The van der Waals surface area contributed by atoms with Crippen LogP contribution >= 0.6 is 11.8 Å². The molecule has 1 atom stereocenters. The highest BCUT2D eigenvalue weighted by Crippen LogP contribution is 2.20. The Balaban J connectivity index is 2.72. The van der Waals surface area contributed by atoms with Crippen LogP contribution < -0.4 is 0 Å². The summed E-state index contributed by atoms with van der Waals surface area (Å²) in [6.07, 6.45) is 0. The average molecular weight is 222 g/mol. The van der Waals surface area contributed by atoms with Crippen LogP contribution in [-0.4, -0.2) is 16.3 Å². The molecule has 0 amide bonds. The van der Waals surface area contributed by atoms with Crippen molar-refractivity contribution in [2.45, 2.75) is 38.2 Å². The summed E-state index contributed by atoms with van der Waals surface area (Å²) < 4.78 is 0. The Kier molecular flexibility index (Phi) is 4.40. The quantitative estimate of drug-likeness (QED) is 0.722. The van der Waals surface area contributed by atoms with Crippen molar-refractivity contribution in [1.29, 1.82) is 0 Å². The van der Waals surface area contributed by atoms with Gasteiger partial charge in [0, 0.05) is 5.56 Å². The zero-order chi connectivity index (χ0) is 11.4. The third-order valence-corrected chi connectivity index (χ3v) is 3.35. The maximum absolute atomic E-state index is 12.0. The van der Waals surface area contributed by atoms with Crippen LogP contribution in [0.15, 0.2) is 24.3 Å². The summed E-state index contributed by atoms with van der Waals surface area (Å²) in [5.74, 6) is 0.230. The zero-order valence-corrected chi connectivity index (χ0v) is 10.6. The maximum atomic E-state index is 12.0. The predicted molar refractivity (Wildman–Crippen MR) is 67.7 cm³/mol. The fourth-order valence-electron chi connectivity index (χ4n) is 1.42. The highest BCUT2D eigenvalue weighted by Gasteiger charge is 2.16. The minimum absolute atomic E-state index is 0.0488. The Morgan fingerprint density at radius 2 is 1.67 bits per heavy atom. The van der Waals surface area contributed by atoms with Crippen molar-refractivity contribution >= 4 is 17.5 Å². The van der Waals surface area contributed by atoms with E-state index in [0.29, 0.717) is 5.25 Å². The molecule has 82 valence electrons. The topological polar surface area (TPSA) is 17.1 Å². The fraction of sp³-hybridized carbons (Fsp3) is 0.462. The molecule has 15 heavy (non-hydrogen) atoms. The zero-order valence-electron chi connectivity index (χ0n) is 9.78. The van der Waals surface area contributed by atoms with Crippen LogP contribution in [0.3, 0.4) is 0 Å². The molecule has 1 unspecified atom stereocenters. The number of carbonyl (C=O) groups excluding carboxylic acids is 1. The second kappa shape index (κ2) is 5.36. The highest BCUT2D eigenvalue weighted by atomic mass is 32.2. The van der Waals surface area contributed by atoms with Gasteiger partial charge in [0.1, 0.15) is 0 Å². The second-order valence-electron chi connectivity index (χ2n) is 4.06. The SMILES string of the molecule is Cc1ccc(C(=O)C(C)SC(C)C)cc1. The molecule has 0 bridgehead atoms. The lowest BCUT2D eigenvalue weighted by molar-refractivity contribution is 0.0994. The third kappa shape index (κ3) is 3.71. The van der Waals surface area contributed by atoms with Gasteiger partial charge >= 0.3 is 0 Å². The van der Waals surface area contributed by atoms with Crippen molar-refractivity contribution in [3.05, 3.63) is 35.4 Å². The molecule has 0 saturated heterocycles. The van der Waals surface area contributed by atoms with Crippen LogP contribution in [0.1, 0.15) is 36.7 Å². The monoisotopic (exact) mass is 222 g/mol. The number of rotatable bonds is 4. The number of hydrogen-bond donors (Lipinski definition) is 0. The first-order valence-electron chi connectivity index (χ1n) is 5.27. The molecule has 1 aromatic rings. The molecule has 0 spiro atoms. The summed E-state index contributed by atoms with van der Waals surface area (Å²) in [6.45, 7) is 8.24. The van der Waals surface area contributed by atoms with Gasteiger partial charge in [0.05, 0.1) is 5.25 Å². The highest BCUT2D eigenvalue weighted by molar-refractivity contribution is 8.01. The van der Waals surface area contributed by atoms with Crippen molar-refractivity contribution in [2.24, 2.45) is 0 Å². The molecule has 0 N–H and O–H groups in total. The second-order valence-corrected chi connectivity index (χ2v) is 5.98. The lowest BCUT2D eigenvalue weighted by atomic mass is 10.1. The molecule has 1 rings (SSSR count). The molecule has 0 heterocycles. The van der Waals surface area contributed by atoms with Gasteiger partial charge in [0.25, 0.3) is 0 Å². The lowest BCUT2D eigenvalue weighted by Crippen LogP contribution is -2.15. The van der Waals surface area contributed by atoms with E-state index in [1.165, 1.54) is 5.56 Å². The maximum Gasteiger partial charge on any atom is 0.175 e. The first-order chi connectivity index (χ1) is 7.00. The van der Waals surface area contributed by atoms with E-state index in [1.807, 2.05) is 38.1 Å². The fourth-order valence-corrected chi connectivity index (χ4v) is 2.50. The number of benzene rings is 1. The Morgan fingerprint density at radius 1 is 1.13 bits per heavy atom. The molecule has 2 heteroatoms. The van der Waals surface area contributed by atoms with Gasteiger partial charge in [-0.2, -0.15) is 0 Å². The Bertz CT molecular complexity index is 327. The molecular formula is C13H18OS. The molecule has 1 aromatic carbocycles. The largest absolute Gasteiger partial charge is 0.293 e. The van der Waals surface area contributed by atoms with Gasteiger partial charge < -0.3 is 0 Å². The molecule has 0 aliphatic carbocycles. The van der Waals surface area contributed by atoms with E-state index >= 15 is 0 Å². The molecule has 0 saturated carbocycles. The molecule has 0 fully saturated rings. The van der Waals surface area contributed by atoms with Crippen LogP contribution in [0, 0.1) is 6.92 Å².